The van der Waals surface area contributed by atoms with E-state index in [4.69, 9.17) is 0 Å². The molecule has 0 unspecified atom stereocenters. The van der Waals surface area contributed by atoms with Crippen LogP contribution >= 0.6 is 0 Å². The first-order chi connectivity index (χ1) is 8.00. The Balaban J connectivity index is 2.23. The van der Waals surface area contributed by atoms with Crippen molar-refractivity contribution in [1.82, 2.24) is 15.5 Å². The average Bonchev–Trinajstić information content (AvgIpc) is 2.27. The molecule has 2 N–H and O–H groups in total. The molecule has 4 heteroatoms. The molecule has 17 heavy (non-hydrogen) atoms. The summed E-state index contributed by atoms with van der Waals surface area (Å²) in [4.78, 5) is 13.8. The Morgan fingerprint density at radius 3 is 2.82 bits per heavy atom. The summed E-state index contributed by atoms with van der Waals surface area (Å²) < 4.78 is 0. The highest BCUT2D eigenvalue weighted by Gasteiger charge is 2.21. The molecule has 1 heterocycles. The SMILES string of the molecule is CC(C)N(C)CC(=O)NC[C@@H]1NCCC[C@H]1C. The lowest BCUT2D eigenvalue weighted by Gasteiger charge is -2.30. The topological polar surface area (TPSA) is 44.4 Å². The lowest BCUT2D eigenvalue weighted by Crippen LogP contribution is -2.49. The summed E-state index contributed by atoms with van der Waals surface area (Å²) in [7, 11) is 1.98. The Kier molecular flexibility index (Phi) is 5.92. The lowest BCUT2D eigenvalue weighted by molar-refractivity contribution is -0.122. The van der Waals surface area contributed by atoms with Crippen LogP contribution in [0.5, 0.6) is 0 Å². The second kappa shape index (κ2) is 6.97. The number of nitrogens with one attached hydrogen (secondary N) is 2. The standard InChI is InChI=1S/C13H27N3O/c1-10(2)16(4)9-13(17)15-8-12-11(3)6-5-7-14-12/h10-12,14H,5-9H2,1-4H3,(H,15,17)/t11-,12+/m1/s1. The minimum Gasteiger partial charge on any atom is -0.353 e. The van der Waals surface area contributed by atoms with Gasteiger partial charge in [-0.05, 0) is 46.2 Å². The van der Waals surface area contributed by atoms with E-state index < -0.39 is 0 Å². The van der Waals surface area contributed by atoms with Crippen LogP contribution in [0.15, 0.2) is 0 Å². The molecule has 1 aliphatic rings. The Morgan fingerprint density at radius 2 is 2.24 bits per heavy atom. The number of amides is 1. The molecule has 1 aliphatic heterocycles. The summed E-state index contributed by atoms with van der Waals surface area (Å²) in [5, 5.41) is 6.50. The molecular formula is C13H27N3O. The molecule has 1 amide bonds. The Morgan fingerprint density at radius 1 is 1.53 bits per heavy atom. The van der Waals surface area contributed by atoms with Crippen molar-refractivity contribution in [3.63, 3.8) is 0 Å². The summed E-state index contributed by atoms with van der Waals surface area (Å²) in [6.45, 7) is 8.76. The van der Waals surface area contributed by atoms with Crippen LogP contribution in [0.1, 0.15) is 33.6 Å². The molecule has 0 aromatic rings. The molecule has 0 bridgehead atoms. The highest BCUT2D eigenvalue weighted by molar-refractivity contribution is 5.78. The number of carbonyl (C=O) groups excluding carboxylic acids is 1. The summed E-state index contributed by atoms with van der Waals surface area (Å²) in [5.74, 6) is 0.785. The number of nitrogens with zero attached hydrogens (tertiary/aromatic N) is 1. The van der Waals surface area contributed by atoms with Crippen LogP contribution in [0.25, 0.3) is 0 Å². The Bertz CT molecular complexity index is 243. The molecule has 2 atom stereocenters. The zero-order valence-corrected chi connectivity index (χ0v) is 11.6. The lowest BCUT2D eigenvalue weighted by atomic mass is 9.93. The third kappa shape index (κ3) is 5.04. The number of likely N-dealkylation sites (N-methyl/N-ethyl adjacent to an activating group) is 1. The van der Waals surface area contributed by atoms with E-state index in [0.29, 0.717) is 24.5 Å². The number of carbonyl (C=O) groups is 1. The first-order valence-corrected chi connectivity index (χ1v) is 6.71. The van der Waals surface area contributed by atoms with Gasteiger partial charge in [-0.25, -0.2) is 0 Å². The molecule has 100 valence electrons. The number of piperidine rings is 1. The van der Waals surface area contributed by atoms with E-state index in [1.807, 2.05) is 11.9 Å². The smallest absolute Gasteiger partial charge is 0.234 e. The van der Waals surface area contributed by atoms with Crippen molar-refractivity contribution in [2.75, 3.05) is 26.7 Å². The number of hydrogen-bond donors (Lipinski definition) is 2. The van der Waals surface area contributed by atoms with Gasteiger partial charge in [0.25, 0.3) is 0 Å². The third-order valence-corrected chi connectivity index (χ3v) is 3.72. The van der Waals surface area contributed by atoms with Gasteiger partial charge in [-0.15, -0.1) is 0 Å². The van der Waals surface area contributed by atoms with Crippen LogP contribution in [0.2, 0.25) is 0 Å². The van der Waals surface area contributed by atoms with Crippen LogP contribution in [-0.2, 0) is 4.79 Å². The van der Waals surface area contributed by atoms with Gasteiger partial charge in [-0.2, -0.15) is 0 Å². The van der Waals surface area contributed by atoms with E-state index in [0.717, 1.165) is 13.1 Å². The van der Waals surface area contributed by atoms with E-state index in [9.17, 15) is 4.79 Å². The zero-order valence-electron chi connectivity index (χ0n) is 11.6. The second-order valence-corrected chi connectivity index (χ2v) is 5.49. The number of rotatable bonds is 5. The minimum absolute atomic E-state index is 0.126. The molecule has 0 saturated carbocycles. The Hall–Kier alpha value is -0.610. The summed E-state index contributed by atoms with van der Waals surface area (Å²) >= 11 is 0. The van der Waals surface area contributed by atoms with Crippen LogP contribution in [0, 0.1) is 5.92 Å². The van der Waals surface area contributed by atoms with Crippen LogP contribution in [-0.4, -0.2) is 49.6 Å². The van der Waals surface area contributed by atoms with Crippen LogP contribution in [0.3, 0.4) is 0 Å². The minimum atomic E-state index is 0.126. The van der Waals surface area contributed by atoms with Gasteiger partial charge in [0.1, 0.15) is 0 Å². The van der Waals surface area contributed by atoms with Gasteiger partial charge < -0.3 is 10.6 Å². The average molecular weight is 241 g/mol. The molecule has 0 aromatic heterocycles. The fraction of sp³-hybridized carbons (Fsp3) is 0.923. The van der Waals surface area contributed by atoms with Crippen molar-refractivity contribution in [2.45, 2.75) is 45.7 Å². The predicted octanol–water partition coefficient (Wildman–Crippen LogP) is 0.831. The molecule has 4 nitrogen and oxygen atoms in total. The molecule has 1 fully saturated rings. The zero-order chi connectivity index (χ0) is 12.8. The maximum absolute atomic E-state index is 11.7. The molecule has 0 radical (unpaired) electrons. The fourth-order valence-corrected chi connectivity index (χ4v) is 2.08. The largest absolute Gasteiger partial charge is 0.353 e. The highest BCUT2D eigenvalue weighted by Crippen LogP contribution is 2.14. The van der Waals surface area contributed by atoms with Gasteiger partial charge in [0.05, 0.1) is 6.54 Å². The third-order valence-electron chi connectivity index (χ3n) is 3.72. The van der Waals surface area contributed by atoms with Gasteiger partial charge in [-0.3, -0.25) is 9.69 Å². The molecule has 1 rings (SSSR count). The van der Waals surface area contributed by atoms with E-state index >= 15 is 0 Å². The van der Waals surface area contributed by atoms with Crippen LogP contribution < -0.4 is 10.6 Å². The van der Waals surface area contributed by atoms with Crippen molar-refractivity contribution in [3.8, 4) is 0 Å². The number of hydrogen-bond acceptors (Lipinski definition) is 3. The van der Waals surface area contributed by atoms with E-state index in [1.54, 1.807) is 0 Å². The highest BCUT2D eigenvalue weighted by atomic mass is 16.2. The maximum Gasteiger partial charge on any atom is 0.234 e. The second-order valence-electron chi connectivity index (χ2n) is 5.49. The van der Waals surface area contributed by atoms with Gasteiger partial charge >= 0.3 is 0 Å². The van der Waals surface area contributed by atoms with E-state index in [1.165, 1.54) is 12.8 Å². The summed E-state index contributed by atoms with van der Waals surface area (Å²) in [6, 6.07) is 0.851. The van der Waals surface area contributed by atoms with Crippen molar-refractivity contribution < 1.29 is 4.79 Å². The molecule has 1 saturated heterocycles. The van der Waals surface area contributed by atoms with Crippen molar-refractivity contribution in [1.29, 1.82) is 0 Å². The molecule has 0 aromatic carbocycles. The van der Waals surface area contributed by atoms with Gasteiger partial charge in [0.15, 0.2) is 0 Å². The van der Waals surface area contributed by atoms with Crippen LogP contribution in [0.4, 0.5) is 0 Å². The molecule has 0 aliphatic carbocycles. The van der Waals surface area contributed by atoms with Gasteiger partial charge in [-0.1, -0.05) is 6.92 Å². The van der Waals surface area contributed by atoms with E-state index in [-0.39, 0.29) is 5.91 Å². The first kappa shape index (κ1) is 14.5. The normalized spacial score (nSPS) is 25.3. The fourth-order valence-electron chi connectivity index (χ4n) is 2.08. The summed E-state index contributed by atoms with van der Waals surface area (Å²) in [6.07, 6.45) is 2.52. The van der Waals surface area contributed by atoms with Crippen molar-refractivity contribution in [3.05, 3.63) is 0 Å². The van der Waals surface area contributed by atoms with E-state index in [2.05, 4.69) is 31.4 Å². The van der Waals surface area contributed by atoms with Crippen molar-refractivity contribution in [2.24, 2.45) is 5.92 Å². The van der Waals surface area contributed by atoms with Gasteiger partial charge in [0, 0.05) is 18.6 Å². The maximum atomic E-state index is 11.7. The monoisotopic (exact) mass is 241 g/mol. The molecule has 0 spiro atoms. The Labute approximate surface area is 105 Å². The first-order valence-electron chi connectivity index (χ1n) is 6.71. The quantitative estimate of drug-likeness (QED) is 0.749. The predicted molar refractivity (Wildman–Crippen MR) is 71.0 cm³/mol. The van der Waals surface area contributed by atoms with Gasteiger partial charge in [0.2, 0.25) is 5.91 Å². The van der Waals surface area contributed by atoms with Crippen molar-refractivity contribution >= 4 is 5.91 Å². The molecular weight excluding hydrogens is 214 g/mol. The summed E-state index contributed by atoms with van der Waals surface area (Å²) in [5.41, 5.74) is 0.